The smallest absolute Gasteiger partial charge is 0.422 e. The van der Waals surface area contributed by atoms with Gasteiger partial charge in [0.15, 0.2) is 6.61 Å². The third-order valence-corrected chi connectivity index (χ3v) is 5.10. The third kappa shape index (κ3) is 4.86. The Morgan fingerprint density at radius 3 is 2.65 bits per heavy atom. The number of hydrogen-bond acceptors (Lipinski definition) is 6. The van der Waals surface area contributed by atoms with Crippen LogP contribution in [0.5, 0.6) is 6.01 Å². The molecule has 0 atom stereocenters. The van der Waals surface area contributed by atoms with Crippen molar-refractivity contribution >= 4 is 33.9 Å². The number of pyridine rings is 1. The number of benzene rings is 1. The number of halogens is 4. The number of nitrogens with zero attached hydrogens (tertiary/aromatic N) is 3. The van der Waals surface area contributed by atoms with E-state index in [1.54, 1.807) is 55.7 Å². The van der Waals surface area contributed by atoms with E-state index < -0.39 is 24.4 Å². The molecule has 7 nitrogen and oxygen atoms in total. The summed E-state index contributed by atoms with van der Waals surface area (Å²) in [6, 6.07) is 5.93. The minimum Gasteiger partial charge on any atom is -0.454 e. The van der Waals surface area contributed by atoms with Gasteiger partial charge in [-0.1, -0.05) is 23.7 Å². The summed E-state index contributed by atoms with van der Waals surface area (Å²) in [5.74, 6) is 0. The van der Waals surface area contributed by atoms with Gasteiger partial charge < -0.3 is 15.5 Å². The fraction of sp³-hybridized carbons (Fsp3) is 0.130. The van der Waals surface area contributed by atoms with Crippen molar-refractivity contribution in [3.05, 3.63) is 82.0 Å². The molecule has 0 fully saturated rings. The van der Waals surface area contributed by atoms with Crippen molar-refractivity contribution in [2.75, 3.05) is 13.7 Å². The van der Waals surface area contributed by atoms with Gasteiger partial charge in [-0.25, -0.2) is 4.98 Å². The molecule has 0 saturated carbocycles. The Hall–Kier alpha value is -3.92. The van der Waals surface area contributed by atoms with Gasteiger partial charge >= 0.3 is 12.2 Å². The molecule has 174 valence electrons. The molecule has 0 saturated heterocycles. The molecule has 0 bridgehead atoms. The SMILES string of the molecule is CN/C=C1/C=C(n2cc3cnc(OCC(F)(F)F)nc3c(-c3ccc(Cl)cc3)c2=O)C=CC1=N. The molecule has 3 aromatic rings. The van der Waals surface area contributed by atoms with Crippen LogP contribution in [0.2, 0.25) is 5.02 Å². The van der Waals surface area contributed by atoms with Gasteiger partial charge in [-0.15, -0.1) is 0 Å². The number of aromatic nitrogens is 3. The second-order valence-corrected chi connectivity index (χ2v) is 7.69. The van der Waals surface area contributed by atoms with Crippen molar-refractivity contribution in [2.24, 2.45) is 0 Å². The van der Waals surface area contributed by atoms with E-state index in [4.69, 9.17) is 17.0 Å². The van der Waals surface area contributed by atoms with Crippen LogP contribution in [0.1, 0.15) is 0 Å². The zero-order valence-electron chi connectivity index (χ0n) is 17.7. The van der Waals surface area contributed by atoms with Gasteiger partial charge in [0.1, 0.15) is 0 Å². The number of allylic oxidation sites excluding steroid dienone is 5. The number of fused-ring (bicyclic) bond motifs is 1. The van der Waals surface area contributed by atoms with Crippen LogP contribution in [0.15, 0.2) is 71.5 Å². The van der Waals surface area contributed by atoms with Crippen molar-refractivity contribution in [1.82, 2.24) is 19.9 Å². The molecule has 34 heavy (non-hydrogen) atoms. The number of nitrogens with one attached hydrogen (secondary N) is 2. The summed E-state index contributed by atoms with van der Waals surface area (Å²) in [4.78, 5) is 21.6. The third-order valence-electron chi connectivity index (χ3n) is 4.84. The predicted molar refractivity (Wildman–Crippen MR) is 124 cm³/mol. The summed E-state index contributed by atoms with van der Waals surface area (Å²) < 4.78 is 43.8. The Labute approximate surface area is 196 Å². The minimum absolute atomic E-state index is 0.134. The maximum atomic E-state index is 13.6. The zero-order valence-corrected chi connectivity index (χ0v) is 18.4. The Morgan fingerprint density at radius 1 is 1.24 bits per heavy atom. The van der Waals surface area contributed by atoms with E-state index in [9.17, 15) is 18.0 Å². The first-order valence-electron chi connectivity index (χ1n) is 9.90. The van der Waals surface area contributed by atoms with Gasteiger partial charge in [-0.3, -0.25) is 9.36 Å². The molecule has 4 rings (SSSR count). The highest BCUT2D eigenvalue weighted by Gasteiger charge is 2.29. The molecule has 0 spiro atoms. The highest BCUT2D eigenvalue weighted by molar-refractivity contribution is 6.30. The van der Waals surface area contributed by atoms with E-state index >= 15 is 0 Å². The minimum atomic E-state index is -4.56. The van der Waals surface area contributed by atoms with Gasteiger partial charge in [0.25, 0.3) is 5.56 Å². The summed E-state index contributed by atoms with van der Waals surface area (Å²) in [5.41, 5.74) is 1.58. The molecule has 1 aliphatic carbocycles. The molecule has 1 aliphatic rings. The zero-order chi connectivity index (χ0) is 24.5. The Balaban J connectivity index is 1.94. The Kier molecular flexibility index (Phi) is 6.25. The first-order chi connectivity index (χ1) is 16.2. The number of alkyl halides is 3. The van der Waals surface area contributed by atoms with Gasteiger partial charge in [0.05, 0.1) is 16.8 Å². The van der Waals surface area contributed by atoms with Crippen LogP contribution in [0, 0.1) is 5.41 Å². The quantitative estimate of drug-likeness (QED) is 0.549. The second kappa shape index (κ2) is 9.14. The average molecular weight is 488 g/mol. The van der Waals surface area contributed by atoms with E-state index in [1.807, 2.05) is 0 Å². The molecular weight excluding hydrogens is 471 g/mol. The van der Waals surface area contributed by atoms with Crippen LogP contribution in [-0.2, 0) is 0 Å². The van der Waals surface area contributed by atoms with Crippen LogP contribution in [0.3, 0.4) is 0 Å². The highest BCUT2D eigenvalue weighted by Crippen LogP contribution is 2.28. The lowest BCUT2D eigenvalue weighted by molar-refractivity contribution is -0.154. The van der Waals surface area contributed by atoms with Crippen LogP contribution < -0.4 is 15.6 Å². The van der Waals surface area contributed by atoms with Crippen molar-refractivity contribution in [2.45, 2.75) is 6.18 Å². The molecule has 0 unspecified atom stereocenters. The van der Waals surface area contributed by atoms with Crippen LogP contribution in [-0.4, -0.2) is 40.1 Å². The van der Waals surface area contributed by atoms with E-state index in [2.05, 4.69) is 20.0 Å². The maximum Gasteiger partial charge on any atom is 0.422 e. The molecule has 11 heteroatoms. The summed E-state index contributed by atoms with van der Waals surface area (Å²) in [6.07, 6.45) is 4.70. The Bertz CT molecular complexity index is 1420. The lowest BCUT2D eigenvalue weighted by Gasteiger charge is -2.16. The summed E-state index contributed by atoms with van der Waals surface area (Å²) in [5, 5.41) is 11.7. The molecule has 0 aliphatic heterocycles. The monoisotopic (exact) mass is 487 g/mol. The van der Waals surface area contributed by atoms with E-state index in [0.717, 1.165) is 0 Å². The first kappa shape index (κ1) is 23.2. The van der Waals surface area contributed by atoms with E-state index in [0.29, 0.717) is 27.2 Å². The molecular formula is C23H17ClF3N5O2. The van der Waals surface area contributed by atoms with Gasteiger partial charge in [0.2, 0.25) is 0 Å². The van der Waals surface area contributed by atoms with Gasteiger partial charge in [0, 0.05) is 47.3 Å². The lowest BCUT2D eigenvalue weighted by atomic mass is 10.0. The summed E-state index contributed by atoms with van der Waals surface area (Å²) in [6.45, 7) is -1.56. The summed E-state index contributed by atoms with van der Waals surface area (Å²) >= 11 is 5.99. The van der Waals surface area contributed by atoms with Crippen LogP contribution in [0.25, 0.3) is 27.7 Å². The van der Waals surface area contributed by atoms with Crippen molar-refractivity contribution in [3.8, 4) is 17.1 Å². The van der Waals surface area contributed by atoms with Crippen LogP contribution in [0.4, 0.5) is 13.2 Å². The van der Waals surface area contributed by atoms with Crippen LogP contribution >= 0.6 is 11.6 Å². The summed E-state index contributed by atoms with van der Waals surface area (Å²) in [7, 11) is 1.70. The average Bonchev–Trinajstić information content (AvgIpc) is 2.79. The van der Waals surface area contributed by atoms with Gasteiger partial charge in [-0.05, 0) is 35.9 Å². The van der Waals surface area contributed by atoms with Crippen molar-refractivity contribution < 1.29 is 17.9 Å². The topological polar surface area (TPSA) is 92.9 Å². The lowest BCUT2D eigenvalue weighted by Crippen LogP contribution is -2.23. The molecule has 0 amide bonds. The van der Waals surface area contributed by atoms with E-state index in [1.165, 1.54) is 17.0 Å². The standard InChI is InChI=1S/C23H17ClF3N5O2/c1-29-9-14-8-17(6-7-18(14)28)32-11-15-10-30-22(34-12-23(25,26)27)31-20(15)19(21(32)33)13-2-4-16(24)5-3-13/h2-11,28-29H,12H2,1H3/b14-9-,28-18?. The first-order valence-corrected chi connectivity index (χ1v) is 10.3. The van der Waals surface area contributed by atoms with Crippen molar-refractivity contribution in [1.29, 1.82) is 5.41 Å². The largest absolute Gasteiger partial charge is 0.454 e. The Morgan fingerprint density at radius 2 is 1.97 bits per heavy atom. The molecule has 2 heterocycles. The predicted octanol–water partition coefficient (Wildman–Crippen LogP) is 4.59. The second-order valence-electron chi connectivity index (χ2n) is 7.25. The fourth-order valence-corrected chi connectivity index (χ4v) is 3.47. The highest BCUT2D eigenvalue weighted by atomic mass is 35.5. The van der Waals surface area contributed by atoms with E-state index in [-0.39, 0.29) is 16.8 Å². The maximum absolute atomic E-state index is 13.6. The molecule has 0 radical (unpaired) electrons. The van der Waals surface area contributed by atoms with Crippen molar-refractivity contribution in [3.63, 3.8) is 0 Å². The van der Waals surface area contributed by atoms with Gasteiger partial charge in [-0.2, -0.15) is 18.2 Å². The number of hydrogen-bond donors (Lipinski definition) is 2. The molecule has 1 aromatic carbocycles. The number of rotatable bonds is 5. The molecule has 2 N–H and O–H groups in total. The normalized spacial score (nSPS) is 15.0. The molecule has 2 aromatic heterocycles. The fourth-order valence-electron chi connectivity index (χ4n) is 3.35. The number of ether oxygens (including phenoxy) is 1.